The van der Waals surface area contributed by atoms with Crippen LogP contribution in [-0.4, -0.2) is 14.5 Å². The fourth-order valence-electron chi connectivity index (χ4n) is 2.79. The van der Waals surface area contributed by atoms with Gasteiger partial charge in [-0.25, -0.2) is 14.4 Å². The number of nitrogens with zero attached hydrogens (tertiary/aromatic N) is 3. The minimum atomic E-state index is -0.294. The van der Waals surface area contributed by atoms with E-state index in [1.165, 1.54) is 24.7 Å². The molecule has 0 atom stereocenters. The lowest BCUT2D eigenvalue weighted by molar-refractivity contribution is 0.626. The first-order valence-corrected chi connectivity index (χ1v) is 7.20. The van der Waals surface area contributed by atoms with E-state index < -0.39 is 0 Å². The highest BCUT2D eigenvalue weighted by molar-refractivity contribution is 6.02. The SMILES string of the molecule is O=c1c2cncnc2c2ccccc2n1Cc1ccc(F)cc1. The molecule has 2 aromatic heterocycles. The zero-order valence-electron chi connectivity index (χ0n) is 12.1. The van der Waals surface area contributed by atoms with Crippen LogP contribution in [0.2, 0.25) is 0 Å². The van der Waals surface area contributed by atoms with Gasteiger partial charge in [0.05, 0.1) is 23.0 Å². The molecule has 4 aromatic rings. The van der Waals surface area contributed by atoms with Crippen molar-refractivity contribution in [2.75, 3.05) is 0 Å². The molecule has 0 saturated carbocycles. The zero-order valence-corrected chi connectivity index (χ0v) is 12.1. The lowest BCUT2D eigenvalue weighted by atomic mass is 10.1. The van der Waals surface area contributed by atoms with E-state index in [0.717, 1.165) is 16.5 Å². The summed E-state index contributed by atoms with van der Waals surface area (Å²) in [4.78, 5) is 21.0. The Morgan fingerprint density at radius 3 is 2.61 bits per heavy atom. The Morgan fingerprint density at radius 1 is 1.00 bits per heavy atom. The van der Waals surface area contributed by atoms with Gasteiger partial charge in [-0.3, -0.25) is 4.79 Å². The standard InChI is InChI=1S/C18H12FN3O/c19-13-7-5-12(6-8-13)10-22-16-4-2-1-3-14(16)17-15(18(22)23)9-20-11-21-17/h1-9,11H,10H2. The summed E-state index contributed by atoms with van der Waals surface area (Å²) >= 11 is 0. The van der Waals surface area contributed by atoms with Crippen LogP contribution >= 0.6 is 0 Å². The number of hydrogen-bond acceptors (Lipinski definition) is 3. The van der Waals surface area contributed by atoms with E-state index in [4.69, 9.17) is 0 Å². The summed E-state index contributed by atoms with van der Waals surface area (Å²) in [6.45, 7) is 0.366. The molecule has 23 heavy (non-hydrogen) atoms. The third-order valence-electron chi connectivity index (χ3n) is 3.89. The van der Waals surface area contributed by atoms with Crippen molar-refractivity contribution in [1.29, 1.82) is 0 Å². The van der Waals surface area contributed by atoms with Crippen LogP contribution < -0.4 is 5.56 Å². The molecule has 0 N–H and O–H groups in total. The maximum Gasteiger partial charge on any atom is 0.262 e. The monoisotopic (exact) mass is 305 g/mol. The molecule has 0 aliphatic carbocycles. The van der Waals surface area contributed by atoms with Gasteiger partial charge in [0.25, 0.3) is 5.56 Å². The van der Waals surface area contributed by atoms with Crippen LogP contribution in [0.4, 0.5) is 4.39 Å². The first-order valence-electron chi connectivity index (χ1n) is 7.20. The number of fused-ring (bicyclic) bond motifs is 3. The van der Waals surface area contributed by atoms with Crippen molar-refractivity contribution in [3.05, 3.63) is 82.8 Å². The molecule has 0 unspecified atom stereocenters. The summed E-state index contributed by atoms with van der Waals surface area (Å²) in [6, 6.07) is 13.8. The summed E-state index contributed by atoms with van der Waals surface area (Å²) < 4.78 is 14.8. The average Bonchev–Trinajstić information content (AvgIpc) is 2.60. The van der Waals surface area contributed by atoms with Gasteiger partial charge < -0.3 is 4.57 Å². The minimum absolute atomic E-state index is 0.149. The van der Waals surface area contributed by atoms with Gasteiger partial charge in [0.15, 0.2) is 0 Å². The summed E-state index contributed by atoms with van der Waals surface area (Å²) in [6.07, 6.45) is 2.98. The Kier molecular flexibility index (Phi) is 3.12. The van der Waals surface area contributed by atoms with Crippen molar-refractivity contribution in [3.63, 3.8) is 0 Å². The van der Waals surface area contributed by atoms with Crippen LogP contribution in [0.25, 0.3) is 21.8 Å². The van der Waals surface area contributed by atoms with Crippen LogP contribution in [0, 0.1) is 5.82 Å². The average molecular weight is 305 g/mol. The van der Waals surface area contributed by atoms with Gasteiger partial charge in [-0.05, 0) is 23.8 Å². The highest BCUT2D eigenvalue weighted by atomic mass is 19.1. The van der Waals surface area contributed by atoms with Crippen molar-refractivity contribution in [2.45, 2.75) is 6.54 Å². The first kappa shape index (κ1) is 13.6. The van der Waals surface area contributed by atoms with Gasteiger partial charge in [-0.2, -0.15) is 0 Å². The largest absolute Gasteiger partial charge is 0.303 e. The number of aromatic nitrogens is 3. The van der Waals surface area contributed by atoms with Crippen molar-refractivity contribution >= 4 is 21.8 Å². The van der Waals surface area contributed by atoms with Crippen LogP contribution in [0.3, 0.4) is 0 Å². The number of halogens is 1. The van der Waals surface area contributed by atoms with Crippen LogP contribution in [0.1, 0.15) is 5.56 Å². The molecule has 0 amide bonds. The fraction of sp³-hybridized carbons (Fsp3) is 0.0556. The second kappa shape index (κ2) is 5.28. The van der Waals surface area contributed by atoms with Crippen molar-refractivity contribution < 1.29 is 4.39 Å². The van der Waals surface area contributed by atoms with E-state index >= 15 is 0 Å². The molecule has 0 aliphatic rings. The Balaban J connectivity index is 2.02. The molecule has 0 spiro atoms. The highest BCUT2D eigenvalue weighted by Crippen LogP contribution is 2.20. The highest BCUT2D eigenvalue weighted by Gasteiger charge is 2.11. The van der Waals surface area contributed by atoms with E-state index in [-0.39, 0.29) is 11.4 Å². The fourth-order valence-corrected chi connectivity index (χ4v) is 2.79. The van der Waals surface area contributed by atoms with Crippen LogP contribution in [0.15, 0.2) is 65.8 Å². The topological polar surface area (TPSA) is 47.8 Å². The van der Waals surface area contributed by atoms with Gasteiger partial charge in [0, 0.05) is 11.6 Å². The molecule has 4 nitrogen and oxygen atoms in total. The predicted octanol–water partition coefficient (Wildman–Crippen LogP) is 3.13. The van der Waals surface area contributed by atoms with Crippen molar-refractivity contribution in [2.24, 2.45) is 0 Å². The maximum absolute atomic E-state index is 13.1. The Labute approximate surface area is 130 Å². The van der Waals surface area contributed by atoms with Gasteiger partial charge in [0.1, 0.15) is 12.1 Å². The Bertz CT molecular complexity index is 1070. The quantitative estimate of drug-likeness (QED) is 0.535. The van der Waals surface area contributed by atoms with E-state index in [0.29, 0.717) is 17.4 Å². The lowest BCUT2D eigenvalue weighted by Crippen LogP contribution is -2.22. The Hall–Kier alpha value is -3.08. The number of rotatable bonds is 2. The maximum atomic E-state index is 13.1. The second-order valence-corrected chi connectivity index (χ2v) is 5.32. The minimum Gasteiger partial charge on any atom is -0.303 e. The molecule has 0 fully saturated rings. The molecular weight excluding hydrogens is 293 g/mol. The lowest BCUT2D eigenvalue weighted by Gasteiger charge is -2.12. The van der Waals surface area contributed by atoms with Gasteiger partial charge in [-0.1, -0.05) is 30.3 Å². The van der Waals surface area contributed by atoms with Crippen molar-refractivity contribution in [1.82, 2.24) is 14.5 Å². The summed E-state index contributed by atoms with van der Waals surface area (Å²) in [7, 11) is 0. The molecule has 112 valence electrons. The van der Waals surface area contributed by atoms with E-state index in [1.54, 1.807) is 16.7 Å². The number of para-hydroxylation sites is 1. The first-order chi connectivity index (χ1) is 11.2. The molecule has 2 aromatic carbocycles. The summed E-state index contributed by atoms with van der Waals surface area (Å²) in [5.74, 6) is -0.294. The van der Waals surface area contributed by atoms with Gasteiger partial charge in [0.2, 0.25) is 0 Å². The molecule has 4 rings (SSSR count). The molecular formula is C18H12FN3O. The van der Waals surface area contributed by atoms with E-state index in [9.17, 15) is 9.18 Å². The van der Waals surface area contributed by atoms with Gasteiger partial charge >= 0.3 is 0 Å². The Morgan fingerprint density at radius 2 is 1.78 bits per heavy atom. The normalized spacial score (nSPS) is 11.2. The summed E-state index contributed by atoms with van der Waals surface area (Å²) in [5, 5.41) is 1.37. The smallest absolute Gasteiger partial charge is 0.262 e. The molecule has 0 saturated heterocycles. The van der Waals surface area contributed by atoms with E-state index in [2.05, 4.69) is 9.97 Å². The van der Waals surface area contributed by atoms with Crippen molar-refractivity contribution in [3.8, 4) is 0 Å². The molecule has 0 aliphatic heterocycles. The van der Waals surface area contributed by atoms with Crippen LogP contribution in [-0.2, 0) is 6.54 Å². The zero-order chi connectivity index (χ0) is 15.8. The molecule has 2 heterocycles. The number of pyridine rings is 1. The molecule has 0 bridgehead atoms. The number of benzene rings is 2. The third kappa shape index (κ3) is 2.26. The summed E-state index contributed by atoms with van der Waals surface area (Å²) in [5.41, 5.74) is 2.16. The second-order valence-electron chi connectivity index (χ2n) is 5.32. The number of hydrogen-bond donors (Lipinski definition) is 0. The van der Waals surface area contributed by atoms with Gasteiger partial charge in [-0.15, -0.1) is 0 Å². The molecule has 0 radical (unpaired) electrons. The van der Waals surface area contributed by atoms with Crippen LogP contribution in [0.5, 0.6) is 0 Å². The molecule has 5 heteroatoms. The van der Waals surface area contributed by atoms with E-state index in [1.807, 2.05) is 24.3 Å². The predicted molar refractivity (Wildman–Crippen MR) is 86.8 cm³/mol. The third-order valence-corrected chi connectivity index (χ3v) is 3.89.